The van der Waals surface area contributed by atoms with Gasteiger partial charge in [0.1, 0.15) is 0 Å². The molecule has 0 atom stereocenters. The molecule has 128 valence electrons. The van der Waals surface area contributed by atoms with Crippen LogP contribution < -0.4 is 19.6 Å². The predicted molar refractivity (Wildman–Crippen MR) is 96.9 cm³/mol. The number of methoxy groups -OCH3 is 3. The minimum atomic E-state index is 0.537. The number of hydrazone groups is 1. The van der Waals surface area contributed by atoms with Crippen molar-refractivity contribution >= 4 is 22.8 Å². The molecule has 3 aromatic rings. The molecule has 0 amide bonds. The summed E-state index contributed by atoms with van der Waals surface area (Å²) in [6.07, 6.45) is 3.36. The number of anilines is 1. The molecule has 0 aliphatic carbocycles. The Hall–Kier alpha value is -3.35. The van der Waals surface area contributed by atoms with Gasteiger partial charge in [0.25, 0.3) is 0 Å². The molecule has 0 unspecified atom stereocenters. The highest BCUT2D eigenvalue weighted by molar-refractivity contribution is 5.91. The minimum Gasteiger partial charge on any atom is -0.493 e. The molecule has 0 saturated heterocycles. The van der Waals surface area contributed by atoms with Gasteiger partial charge < -0.3 is 14.2 Å². The zero-order chi connectivity index (χ0) is 17.6. The first-order valence-electron chi connectivity index (χ1n) is 7.56. The van der Waals surface area contributed by atoms with E-state index in [-0.39, 0.29) is 0 Å². The molecule has 2 aromatic carbocycles. The lowest BCUT2D eigenvalue weighted by Gasteiger charge is -2.12. The van der Waals surface area contributed by atoms with Crippen molar-refractivity contribution in [2.75, 3.05) is 26.8 Å². The number of benzene rings is 2. The molecular formula is C18H18N4O3. The van der Waals surface area contributed by atoms with E-state index in [9.17, 15) is 0 Å². The topological polar surface area (TPSA) is 77.9 Å². The normalized spacial score (nSPS) is 10.8. The average molecular weight is 338 g/mol. The van der Waals surface area contributed by atoms with E-state index in [0.717, 1.165) is 16.3 Å². The smallest absolute Gasteiger partial charge is 0.203 e. The lowest BCUT2D eigenvalue weighted by molar-refractivity contribution is 0.324. The van der Waals surface area contributed by atoms with Gasteiger partial charge in [-0.05, 0) is 12.1 Å². The van der Waals surface area contributed by atoms with Gasteiger partial charge in [-0.1, -0.05) is 24.3 Å². The Bertz CT molecular complexity index is 881. The second kappa shape index (κ2) is 7.48. The van der Waals surface area contributed by atoms with Crippen molar-refractivity contribution in [3.63, 3.8) is 0 Å². The number of hydrogen-bond donors (Lipinski definition) is 1. The molecule has 0 saturated carbocycles. The Morgan fingerprint density at radius 3 is 2.40 bits per heavy atom. The van der Waals surface area contributed by atoms with Crippen LogP contribution in [0, 0.1) is 0 Å². The van der Waals surface area contributed by atoms with Crippen LogP contribution in [0.3, 0.4) is 0 Å². The van der Waals surface area contributed by atoms with Gasteiger partial charge in [0.05, 0.1) is 33.7 Å². The summed E-state index contributed by atoms with van der Waals surface area (Å²) in [5, 5.41) is 14.2. The number of aromatic nitrogens is 2. The third-order valence-electron chi connectivity index (χ3n) is 3.64. The average Bonchev–Trinajstić information content (AvgIpc) is 2.67. The van der Waals surface area contributed by atoms with Gasteiger partial charge >= 0.3 is 0 Å². The number of nitrogens with zero attached hydrogens (tertiary/aromatic N) is 3. The molecule has 0 fully saturated rings. The van der Waals surface area contributed by atoms with Crippen molar-refractivity contribution in [3.05, 3.63) is 48.2 Å². The summed E-state index contributed by atoms with van der Waals surface area (Å²) in [6, 6.07) is 11.4. The first kappa shape index (κ1) is 16.5. The van der Waals surface area contributed by atoms with Gasteiger partial charge in [-0.25, -0.2) is 0 Å². The second-order valence-corrected chi connectivity index (χ2v) is 5.11. The molecule has 1 heterocycles. The number of rotatable bonds is 6. The molecule has 0 bridgehead atoms. The lowest BCUT2D eigenvalue weighted by Crippen LogP contribution is -1.99. The van der Waals surface area contributed by atoms with E-state index in [0.29, 0.717) is 23.1 Å². The summed E-state index contributed by atoms with van der Waals surface area (Å²) in [7, 11) is 4.71. The Kier molecular flexibility index (Phi) is 4.94. The Morgan fingerprint density at radius 1 is 1.00 bits per heavy atom. The van der Waals surface area contributed by atoms with Crippen molar-refractivity contribution in [3.8, 4) is 17.2 Å². The highest BCUT2D eigenvalue weighted by Gasteiger charge is 2.12. The molecule has 1 aromatic heterocycles. The number of nitrogens with one attached hydrogen (secondary N) is 1. The van der Waals surface area contributed by atoms with E-state index in [2.05, 4.69) is 20.7 Å². The first-order valence-corrected chi connectivity index (χ1v) is 7.56. The highest BCUT2D eigenvalue weighted by atomic mass is 16.5. The van der Waals surface area contributed by atoms with Crippen LogP contribution in [-0.2, 0) is 0 Å². The molecule has 0 aliphatic heterocycles. The molecule has 7 heteroatoms. The van der Waals surface area contributed by atoms with Crippen LogP contribution in [0.5, 0.6) is 17.2 Å². The van der Waals surface area contributed by atoms with E-state index in [1.54, 1.807) is 45.9 Å². The number of ether oxygens (including phenoxy) is 3. The summed E-state index contributed by atoms with van der Waals surface area (Å²) < 4.78 is 16.0. The van der Waals surface area contributed by atoms with Gasteiger partial charge in [-0.15, -0.1) is 5.10 Å². The first-order chi connectivity index (χ1) is 12.3. The van der Waals surface area contributed by atoms with Crippen molar-refractivity contribution in [1.82, 2.24) is 10.2 Å². The van der Waals surface area contributed by atoms with Crippen LogP contribution in [0.25, 0.3) is 10.8 Å². The molecule has 0 radical (unpaired) electrons. The van der Waals surface area contributed by atoms with Crippen LogP contribution in [0.1, 0.15) is 5.56 Å². The molecule has 1 N–H and O–H groups in total. The maximum atomic E-state index is 5.33. The standard InChI is InChI=1S/C18H18N4O3/c1-23-15-8-12(9-16(24-2)17(15)25-3)10-19-21-18-14-7-5-4-6-13(14)11-20-22-18/h4-11H,1-3H3,(H,21,22)/b19-10-. The Balaban J connectivity index is 1.87. The fourth-order valence-corrected chi connectivity index (χ4v) is 2.45. The van der Waals surface area contributed by atoms with E-state index >= 15 is 0 Å². The summed E-state index contributed by atoms with van der Waals surface area (Å²) in [4.78, 5) is 0. The van der Waals surface area contributed by atoms with Crippen LogP contribution >= 0.6 is 0 Å². The predicted octanol–water partition coefficient (Wildman–Crippen LogP) is 3.10. The Morgan fingerprint density at radius 2 is 1.72 bits per heavy atom. The van der Waals surface area contributed by atoms with E-state index < -0.39 is 0 Å². The zero-order valence-electron chi connectivity index (χ0n) is 14.2. The highest BCUT2D eigenvalue weighted by Crippen LogP contribution is 2.37. The lowest BCUT2D eigenvalue weighted by atomic mass is 10.2. The molecule has 3 rings (SSSR count). The summed E-state index contributed by atoms with van der Waals surface area (Å²) in [5.74, 6) is 2.25. The van der Waals surface area contributed by atoms with Gasteiger partial charge in [0.15, 0.2) is 17.3 Å². The van der Waals surface area contributed by atoms with Crippen molar-refractivity contribution in [1.29, 1.82) is 0 Å². The fraction of sp³-hybridized carbons (Fsp3) is 0.167. The number of hydrogen-bond acceptors (Lipinski definition) is 7. The third kappa shape index (κ3) is 3.45. The molecular weight excluding hydrogens is 320 g/mol. The van der Waals surface area contributed by atoms with Gasteiger partial charge in [0, 0.05) is 16.3 Å². The van der Waals surface area contributed by atoms with Crippen molar-refractivity contribution in [2.45, 2.75) is 0 Å². The second-order valence-electron chi connectivity index (χ2n) is 5.11. The quantitative estimate of drug-likeness (QED) is 0.550. The monoisotopic (exact) mass is 338 g/mol. The molecule has 25 heavy (non-hydrogen) atoms. The maximum absolute atomic E-state index is 5.33. The largest absolute Gasteiger partial charge is 0.493 e. The minimum absolute atomic E-state index is 0.537. The van der Waals surface area contributed by atoms with E-state index in [1.807, 2.05) is 24.3 Å². The van der Waals surface area contributed by atoms with Crippen LogP contribution in [-0.4, -0.2) is 37.7 Å². The van der Waals surface area contributed by atoms with Crippen LogP contribution in [0.2, 0.25) is 0 Å². The molecule has 0 aliphatic rings. The van der Waals surface area contributed by atoms with Crippen molar-refractivity contribution in [2.24, 2.45) is 5.10 Å². The van der Waals surface area contributed by atoms with Crippen molar-refractivity contribution < 1.29 is 14.2 Å². The van der Waals surface area contributed by atoms with E-state index in [1.165, 1.54) is 0 Å². The Labute approximate surface area is 145 Å². The fourth-order valence-electron chi connectivity index (χ4n) is 2.45. The SMILES string of the molecule is COc1cc(/C=N\Nc2nncc3ccccc23)cc(OC)c1OC. The van der Waals surface area contributed by atoms with E-state index in [4.69, 9.17) is 14.2 Å². The summed E-state index contributed by atoms with van der Waals surface area (Å²) >= 11 is 0. The number of fused-ring (bicyclic) bond motifs is 1. The molecule has 0 spiro atoms. The zero-order valence-corrected chi connectivity index (χ0v) is 14.2. The van der Waals surface area contributed by atoms with Crippen LogP contribution in [0.4, 0.5) is 5.82 Å². The third-order valence-corrected chi connectivity index (χ3v) is 3.64. The maximum Gasteiger partial charge on any atom is 0.203 e. The van der Waals surface area contributed by atoms with Gasteiger partial charge in [-0.3, -0.25) is 5.43 Å². The van der Waals surface area contributed by atoms with Gasteiger partial charge in [0.2, 0.25) is 5.75 Å². The summed E-state index contributed by atoms with van der Waals surface area (Å²) in [6.45, 7) is 0. The summed E-state index contributed by atoms with van der Waals surface area (Å²) in [5.41, 5.74) is 3.71. The van der Waals surface area contributed by atoms with Crippen LogP contribution in [0.15, 0.2) is 47.7 Å². The molecule has 7 nitrogen and oxygen atoms in total. The van der Waals surface area contributed by atoms with Gasteiger partial charge in [-0.2, -0.15) is 10.2 Å².